The summed E-state index contributed by atoms with van der Waals surface area (Å²) in [5.74, 6) is 0.190. The van der Waals surface area contributed by atoms with Crippen LogP contribution in [-0.4, -0.2) is 59.9 Å². The Bertz CT molecular complexity index is 428. The first-order valence-electron chi connectivity index (χ1n) is 9.46. The van der Waals surface area contributed by atoms with Gasteiger partial charge in [0.2, 0.25) is 11.8 Å². The van der Waals surface area contributed by atoms with E-state index in [0.717, 1.165) is 25.9 Å². The van der Waals surface area contributed by atoms with Crippen LogP contribution in [0.3, 0.4) is 0 Å². The number of piperazine rings is 1. The molecule has 2 saturated carbocycles. The number of rotatable bonds is 4. The minimum absolute atomic E-state index is 0.0496. The van der Waals surface area contributed by atoms with Gasteiger partial charge in [0.15, 0.2) is 0 Å². The van der Waals surface area contributed by atoms with E-state index >= 15 is 0 Å². The Morgan fingerprint density at radius 1 is 1.13 bits per heavy atom. The van der Waals surface area contributed by atoms with E-state index in [-0.39, 0.29) is 17.9 Å². The molecule has 5 heteroatoms. The van der Waals surface area contributed by atoms with Crippen molar-refractivity contribution in [2.45, 2.75) is 82.3 Å². The van der Waals surface area contributed by atoms with Crippen LogP contribution in [-0.2, 0) is 9.59 Å². The molecule has 1 heterocycles. The Balaban J connectivity index is 1.62. The van der Waals surface area contributed by atoms with E-state index in [0.29, 0.717) is 18.5 Å². The van der Waals surface area contributed by atoms with E-state index < -0.39 is 0 Å². The topological polar surface area (TPSA) is 52.7 Å². The van der Waals surface area contributed by atoms with Crippen molar-refractivity contribution in [3.8, 4) is 0 Å². The Kier molecular flexibility index (Phi) is 5.57. The third-order valence-electron chi connectivity index (χ3n) is 6.05. The van der Waals surface area contributed by atoms with Gasteiger partial charge in [0, 0.05) is 32.2 Å². The van der Waals surface area contributed by atoms with Crippen LogP contribution in [0.5, 0.6) is 0 Å². The molecule has 3 fully saturated rings. The van der Waals surface area contributed by atoms with Crippen molar-refractivity contribution in [2.75, 3.05) is 20.1 Å². The molecular weight excluding hydrogens is 290 g/mol. The van der Waals surface area contributed by atoms with Crippen LogP contribution >= 0.6 is 0 Å². The van der Waals surface area contributed by atoms with Gasteiger partial charge in [0.1, 0.15) is 0 Å². The van der Waals surface area contributed by atoms with Crippen molar-refractivity contribution < 1.29 is 9.59 Å². The molecule has 0 bridgehead atoms. The number of hydrogen-bond donors (Lipinski definition) is 1. The maximum atomic E-state index is 12.7. The zero-order valence-corrected chi connectivity index (χ0v) is 14.4. The van der Waals surface area contributed by atoms with Gasteiger partial charge in [-0.3, -0.25) is 14.5 Å². The predicted octanol–water partition coefficient (Wildman–Crippen LogP) is 1.91. The first-order valence-corrected chi connectivity index (χ1v) is 9.46. The molecule has 0 aromatic rings. The van der Waals surface area contributed by atoms with E-state index in [2.05, 4.69) is 10.2 Å². The van der Waals surface area contributed by atoms with E-state index in [9.17, 15) is 9.59 Å². The minimum atomic E-state index is -0.259. The largest absolute Gasteiger partial charge is 0.353 e. The number of hydrogen-bond acceptors (Lipinski definition) is 3. The first kappa shape index (κ1) is 16.7. The predicted molar refractivity (Wildman–Crippen MR) is 90.0 cm³/mol. The van der Waals surface area contributed by atoms with Crippen LogP contribution in [0.15, 0.2) is 0 Å². The third-order valence-corrected chi connectivity index (χ3v) is 6.05. The summed E-state index contributed by atoms with van der Waals surface area (Å²) in [6.07, 6.45) is 11.2. The van der Waals surface area contributed by atoms with E-state index in [1.165, 1.54) is 44.9 Å². The molecule has 1 saturated heterocycles. The molecule has 23 heavy (non-hydrogen) atoms. The lowest BCUT2D eigenvalue weighted by molar-refractivity contribution is -0.140. The Morgan fingerprint density at radius 3 is 2.48 bits per heavy atom. The average Bonchev–Trinajstić information content (AvgIpc) is 3.11. The summed E-state index contributed by atoms with van der Waals surface area (Å²) >= 11 is 0. The maximum absolute atomic E-state index is 12.7. The summed E-state index contributed by atoms with van der Waals surface area (Å²) in [5, 5.41) is 2.96. The highest BCUT2D eigenvalue weighted by molar-refractivity contribution is 5.89. The molecule has 2 amide bonds. The Morgan fingerprint density at radius 2 is 1.78 bits per heavy atom. The molecule has 2 aliphatic carbocycles. The number of carbonyl (C=O) groups excluding carboxylic acids is 2. The van der Waals surface area contributed by atoms with Gasteiger partial charge in [0.05, 0.1) is 12.5 Å². The number of nitrogens with one attached hydrogen (secondary N) is 1. The van der Waals surface area contributed by atoms with Crippen LogP contribution in [0.1, 0.15) is 64.2 Å². The second-order valence-corrected chi connectivity index (χ2v) is 7.48. The van der Waals surface area contributed by atoms with Gasteiger partial charge in [0.25, 0.3) is 0 Å². The Labute approximate surface area is 139 Å². The molecule has 3 aliphatic rings. The molecule has 5 nitrogen and oxygen atoms in total. The number of amides is 2. The van der Waals surface area contributed by atoms with Crippen molar-refractivity contribution >= 4 is 11.8 Å². The first-order chi connectivity index (χ1) is 11.2. The summed E-state index contributed by atoms with van der Waals surface area (Å²) in [7, 11) is 1.93. The SMILES string of the molecule is CN(C(=O)C[C@H]1C(=O)NCCN1C1CCCC1)C1CCCCC1. The van der Waals surface area contributed by atoms with E-state index in [1.54, 1.807) is 0 Å². The molecule has 0 aromatic carbocycles. The monoisotopic (exact) mass is 321 g/mol. The normalized spacial score (nSPS) is 27.9. The molecule has 0 aromatic heterocycles. The quantitative estimate of drug-likeness (QED) is 0.860. The summed E-state index contributed by atoms with van der Waals surface area (Å²) in [4.78, 5) is 29.4. The summed E-state index contributed by atoms with van der Waals surface area (Å²) in [5.41, 5.74) is 0. The fourth-order valence-corrected chi connectivity index (χ4v) is 4.60. The fourth-order valence-electron chi connectivity index (χ4n) is 4.60. The highest BCUT2D eigenvalue weighted by Gasteiger charge is 2.37. The fraction of sp³-hybridized carbons (Fsp3) is 0.889. The molecule has 1 aliphatic heterocycles. The summed E-state index contributed by atoms with van der Waals surface area (Å²) < 4.78 is 0. The maximum Gasteiger partial charge on any atom is 0.237 e. The van der Waals surface area contributed by atoms with E-state index in [1.807, 2.05) is 11.9 Å². The van der Waals surface area contributed by atoms with Crippen molar-refractivity contribution in [1.82, 2.24) is 15.1 Å². The van der Waals surface area contributed by atoms with Crippen molar-refractivity contribution in [1.29, 1.82) is 0 Å². The van der Waals surface area contributed by atoms with Crippen molar-refractivity contribution in [2.24, 2.45) is 0 Å². The highest BCUT2D eigenvalue weighted by Crippen LogP contribution is 2.28. The lowest BCUT2D eigenvalue weighted by atomic mass is 9.94. The molecule has 0 unspecified atom stereocenters. The van der Waals surface area contributed by atoms with Gasteiger partial charge in [-0.1, -0.05) is 32.1 Å². The van der Waals surface area contributed by atoms with Gasteiger partial charge in [-0.2, -0.15) is 0 Å². The van der Waals surface area contributed by atoms with Crippen molar-refractivity contribution in [3.63, 3.8) is 0 Å². The number of nitrogens with zero attached hydrogens (tertiary/aromatic N) is 2. The van der Waals surface area contributed by atoms with Gasteiger partial charge in [-0.25, -0.2) is 0 Å². The summed E-state index contributed by atoms with van der Waals surface area (Å²) in [6, 6.07) is 0.618. The van der Waals surface area contributed by atoms with Crippen LogP contribution in [0, 0.1) is 0 Å². The van der Waals surface area contributed by atoms with Crippen LogP contribution < -0.4 is 5.32 Å². The molecule has 3 rings (SSSR count). The lowest BCUT2D eigenvalue weighted by Gasteiger charge is -2.40. The van der Waals surface area contributed by atoms with Crippen LogP contribution in [0.4, 0.5) is 0 Å². The molecule has 1 atom stereocenters. The minimum Gasteiger partial charge on any atom is -0.353 e. The standard InChI is InChI=1S/C18H31N3O2/c1-20(14-7-3-2-4-8-14)17(22)13-16-18(23)19-11-12-21(16)15-9-5-6-10-15/h14-16H,2-13H2,1H3,(H,19,23)/t16-/m0/s1. The Hall–Kier alpha value is -1.10. The van der Waals surface area contributed by atoms with Gasteiger partial charge < -0.3 is 10.2 Å². The highest BCUT2D eigenvalue weighted by atomic mass is 16.2. The zero-order chi connectivity index (χ0) is 16.2. The molecule has 130 valence electrons. The molecular formula is C18H31N3O2. The second-order valence-electron chi connectivity index (χ2n) is 7.48. The smallest absolute Gasteiger partial charge is 0.237 e. The van der Waals surface area contributed by atoms with Crippen LogP contribution in [0.25, 0.3) is 0 Å². The zero-order valence-electron chi connectivity index (χ0n) is 14.4. The summed E-state index contributed by atoms with van der Waals surface area (Å²) in [6.45, 7) is 1.61. The molecule has 1 N–H and O–H groups in total. The van der Waals surface area contributed by atoms with Gasteiger partial charge in [-0.15, -0.1) is 0 Å². The average molecular weight is 321 g/mol. The van der Waals surface area contributed by atoms with E-state index in [4.69, 9.17) is 0 Å². The number of carbonyl (C=O) groups is 2. The lowest BCUT2D eigenvalue weighted by Crippen LogP contribution is -2.59. The van der Waals surface area contributed by atoms with Gasteiger partial charge in [-0.05, 0) is 25.7 Å². The van der Waals surface area contributed by atoms with Gasteiger partial charge >= 0.3 is 0 Å². The van der Waals surface area contributed by atoms with Crippen molar-refractivity contribution in [3.05, 3.63) is 0 Å². The molecule has 0 spiro atoms. The van der Waals surface area contributed by atoms with Crippen LogP contribution in [0.2, 0.25) is 0 Å². The molecule has 0 radical (unpaired) electrons. The third kappa shape index (κ3) is 3.87. The second kappa shape index (κ2) is 7.65.